The highest BCUT2D eigenvalue weighted by Gasteiger charge is 2.14. The Hall–Kier alpha value is -0.440. The zero-order valence-corrected chi connectivity index (χ0v) is 14.1. The molecule has 0 spiro atoms. The Morgan fingerprint density at radius 2 is 1.95 bits per heavy atom. The summed E-state index contributed by atoms with van der Waals surface area (Å²) in [6, 6.07) is 3.73. The quantitative estimate of drug-likeness (QED) is 0.725. The number of hydrogen-bond acceptors (Lipinski definition) is 2. The van der Waals surface area contributed by atoms with Gasteiger partial charge in [0, 0.05) is 11.1 Å². The van der Waals surface area contributed by atoms with Gasteiger partial charge in [-0.05, 0) is 42.9 Å². The van der Waals surface area contributed by atoms with E-state index in [0.717, 1.165) is 37.0 Å². The topological polar surface area (TPSA) is 35.2 Å². The number of rotatable bonds is 8. The largest absolute Gasteiger partial charge is 0.491 e. The van der Waals surface area contributed by atoms with E-state index in [2.05, 4.69) is 20.8 Å². The van der Waals surface area contributed by atoms with Crippen molar-refractivity contribution in [1.82, 2.24) is 0 Å². The summed E-state index contributed by atoms with van der Waals surface area (Å²) in [4.78, 5) is 0. The lowest BCUT2D eigenvalue weighted by Gasteiger charge is -2.18. The average Bonchev–Trinajstić information content (AvgIpc) is 2.37. The first kappa shape index (κ1) is 17.6. The average molecular weight is 318 g/mol. The Labute approximate surface area is 132 Å². The van der Waals surface area contributed by atoms with Gasteiger partial charge in [0.15, 0.2) is 0 Å². The molecular formula is C16H25Cl2NO. The minimum absolute atomic E-state index is 0.0972. The first-order chi connectivity index (χ1) is 9.47. The molecule has 4 heteroatoms. The zero-order chi connectivity index (χ0) is 15.1. The van der Waals surface area contributed by atoms with E-state index in [9.17, 15) is 0 Å². The van der Waals surface area contributed by atoms with Crippen molar-refractivity contribution < 1.29 is 4.74 Å². The van der Waals surface area contributed by atoms with Crippen molar-refractivity contribution in [2.24, 2.45) is 11.7 Å². The summed E-state index contributed by atoms with van der Waals surface area (Å²) in [7, 11) is 0. The molecule has 0 amide bonds. The lowest BCUT2D eigenvalue weighted by Crippen LogP contribution is -2.22. The summed E-state index contributed by atoms with van der Waals surface area (Å²) in [5.41, 5.74) is 7.04. The minimum atomic E-state index is 0.0972. The first-order valence-corrected chi connectivity index (χ1v) is 8.09. The van der Waals surface area contributed by atoms with Crippen LogP contribution in [0.2, 0.25) is 10.0 Å². The van der Waals surface area contributed by atoms with Crippen LogP contribution in [0.1, 0.15) is 45.6 Å². The number of benzene rings is 1. The summed E-state index contributed by atoms with van der Waals surface area (Å²) in [5.74, 6) is 1.25. The van der Waals surface area contributed by atoms with Crippen LogP contribution < -0.4 is 10.5 Å². The van der Waals surface area contributed by atoms with E-state index >= 15 is 0 Å². The SMILES string of the molecule is CCCC(C)COc1c(Cl)cc(Cl)cc1CC(N)CC. The summed E-state index contributed by atoms with van der Waals surface area (Å²) in [6.07, 6.45) is 3.95. The number of hydrogen-bond donors (Lipinski definition) is 1. The van der Waals surface area contributed by atoms with Crippen molar-refractivity contribution in [2.45, 2.75) is 52.5 Å². The highest BCUT2D eigenvalue weighted by atomic mass is 35.5. The molecule has 114 valence electrons. The van der Waals surface area contributed by atoms with Gasteiger partial charge in [-0.3, -0.25) is 0 Å². The molecule has 2 atom stereocenters. The predicted octanol–water partition coefficient (Wildman–Crippen LogP) is 5.09. The Bertz CT molecular complexity index is 423. The van der Waals surface area contributed by atoms with E-state index in [1.54, 1.807) is 6.07 Å². The van der Waals surface area contributed by atoms with Crippen molar-refractivity contribution in [3.05, 3.63) is 27.7 Å². The smallest absolute Gasteiger partial charge is 0.141 e. The van der Waals surface area contributed by atoms with Gasteiger partial charge in [0.25, 0.3) is 0 Å². The minimum Gasteiger partial charge on any atom is -0.491 e. The third-order valence-electron chi connectivity index (χ3n) is 3.39. The normalized spacial score (nSPS) is 14.1. The zero-order valence-electron chi connectivity index (χ0n) is 12.6. The van der Waals surface area contributed by atoms with Gasteiger partial charge >= 0.3 is 0 Å². The Morgan fingerprint density at radius 1 is 1.25 bits per heavy atom. The molecule has 0 aliphatic carbocycles. The monoisotopic (exact) mass is 317 g/mol. The highest BCUT2D eigenvalue weighted by molar-refractivity contribution is 6.35. The number of halogens is 2. The van der Waals surface area contributed by atoms with Crippen LogP contribution in [0.5, 0.6) is 5.75 Å². The molecule has 0 fully saturated rings. The van der Waals surface area contributed by atoms with Gasteiger partial charge in [0.1, 0.15) is 5.75 Å². The van der Waals surface area contributed by atoms with Crippen LogP contribution in [-0.4, -0.2) is 12.6 Å². The van der Waals surface area contributed by atoms with Gasteiger partial charge in [0.2, 0.25) is 0 Å². The van der Waals surface area contributed by atoms with Crippen LogP contribution in [0.15, 0.2) is 12.1 Å². The van der Waals surface area contributed by atoms with E-state index in [1.807, 2.05) is 6.07 Å². The fourth-order valence-corrected chi connectivity index (χ4v) is 2.75. The van der Waals surface area contributed by atoms with E-state index in [-0.39, 0.29) is 6.04 Å². The molecule has 1 rings (SSSR count). The molecule has 2 N–H and O–H groups in total. The molecule has 0 aliphatic heterocycles. The summed E-state index contributed by atoms with van der Waals surface area (Å²) in [6.45, 7) is 7.10. The van der Waals surface area contributed by atoms with Gasteiger partial charge in [-0.2, -0.15) is 0 Å². The lowest BCUT2D eigenvalue weighted by molar-refractivity contribution is 0.249. The molecule has 0 saturated carbocycles. The second-order valence-corrected chi connectivity index (χ2v) is 6.30. The second kappa shape index (κ2) is 8.76. The fraction of sp³-hybridized carbons (Fsp3) is 0.625. The highest BCUT2D eigenvalue weighted by Crippen LogP contribution is 2.33. The number of ether oxygens (including phenoxy) is 1. The van der Waals surface area contributed by atoms with E-state index in [1.165, 1.54) is 0 Å². The van der Waals surface area contributed by atoms with E-state index in [4.69, 9.17) is 33.7 Å². The molecule has 0 bridgehead atoms. The Kier molecular flexibility index (Phi) is 7.71. The molecule has 1 aromatic carbocycles. The van der Waals surface area contributed by atoms with Crippen molar-refractivity contribution in [2.75, 3.05) is 6.61 Å². The molecule has 0 heterocycles. The van der Waals surface area contributed by atoms with Crippen molar-refractivity contribution in [1.29, 1.82) is 0 Å². The van der Waals surface area contributed by atoms with Gasteiger partial charge < -0.3 is 10.5 Å². The number of nitrogens with two attached hydrogens (primary N) is 1. The fourth-order valence-electron chi connectivity index (χ4n) is 2.16. The standard InChI is InChI=1S/C16H25Cl2NO/c1-4-6-11(3)10-20-16-12(8-14(19)5-2)7-13(17)9-15(16)18/h7,9,11,14H,4-6,8,10,19H2,1-3H3. The molecule has 2 nitrogen and oxygen atoms in total. The first-order valence-electron chi connectivity index (χ1n) is 7.34. The van der Waals surface area contributed by atoms with Crippen molar-refractivity contribution in [3.63, 3.8) is 0 Å². The van der Waals surface area contributed by atoms with Crippen LogP contribution in [-0.2, 0) is 6.42 Å². The molecule has 0 saturated heterocycles. The molecule has 0 radical (unpaired) electrons. The molecule has 20 heavy (non-hydrogen) atoms. The van der Waals surface area contributed by atoms with Crippen LogP contribution in [0.4, 0.5) is 0 Å². The van der Waals surface area contributed by atoms with Gasteiger partial charge in [0.05, 0.1) is 11.6 Å². The maximum atomic E-state index is 6.27. The van der Waals surface area contributed by atoms with Crippen LogP contribution in [0.3, 0.4) is 0 Å². The maximum absolute atomic E-state index is 6.27. The summed E-state index contributed by atoms with van der Waals surface area (Å²) >= 11 is 12.4. The van der Waals surface area contributed by atoms with E-state index < -0.39 is 0 Å². The Balaban J connectivity index is 2.86. The second-order valence-electron chi connectivity index (χ2n) is 5.45. The maximum Gasteiger partial charge on any atom is 0.141 e. The van der Waals surface area contributed by atoms with Gasteiger partial charge in [-0.25, -0.2) is 0 Å². The molecule has 1 aromatic rings. The molecule has 2 unspecified atom stereocenters. The van der Waals surface area contributed by atoms with Crippen LogP contribution in [0.25, 0.3) is 0 Å². The third kappa shape index (κ3) is 5.51. The summed E-state index contributed by atoms with van der Waals surface area (Å²) in [5, 5.41) is 1.20. The van der Waals surface area contributed by atoms with Gasteiger partial charge in [-0.15, -0.1) is 0 Å². The molecule has 0 aliphatic rings. The molecule has 0 aromatic heterocycles. The van der Waals surface area contributed by atoms with Gasteiger partial charge in [-0.1, -0.05) is 50.4 Å². The lowest BCUT2D eigenvalue weighted by atomic mass is 10.0. The summed E-state index contributed by atoms with van der Waals surface area (Å²) < 4.78 is 5.94. The van der Waals surface area contributed by atoms with Crippen molar-refractivity contribution in [3.8, 4) is 5.75 Å². The predicted molar refractivity (Wildman–Crippen MR) is 88.0 cm³/mol. The van der Waals surface area contributed by atoms with Crippen LogP contribution in [0, 0.1) is 5.92 Å². The van der Waals surface area contributed by atoms with E-state index in [0.29, 0.717) is 22.6 Å². The van der Waals surface area contributed by atoms with Crippen molar-refractivity contribution >= 4 is 23.2 Å². The van der Waals surface area contributed by atoms with Crippen LogP contribution >= 0.6 is 23.2 Å². The Morgan fingerprint density at radius 3 is 2.55 bits per heavy atom. The third-order valence-corrected chi connectivity index (χ3v) is 3.88. The molecular weight excluding hydrogens is 293 g/mol.